The molecule has 1 atom stereocenters. The van der Waals surface area contributed by atoms with Gasteiger partial charge in [-0.3, -0.25) is 14.7 Å². The van der Waals surface area contributed by atoms with Gasteiger partial charge < -0.3 is 10.2 Å². The Kier molecular flexibility index (Phi) is 6.45. The smallest absolute Gasteiger partial charge is 0.234 e. The molecule has 1 aromatic heterocycles. The molecule has 1 aromatic carbocycles. The van der Waals surface area contributed by atoms with Crippen molar-refractivity contribution in [1.82, 2.24) is 15.2 Å². The van der Waals surface area contributed by atoms with Crippen molar-refractivity contribution >= 4 is 11.6 Å². The normalized spacial score (nSPS) is 16.2. The number of aryl methyl sites for hydroxylation is 2. The molecule has 0 radical (unpaired) electrons. The zero-order chi connectivity index (χ0) is 19.2. The molecule has 0 spiro atoms. The minimum absolute atomic E-state index is 0.0216. The summed E-state index contributed by atoms with van der Waals surface area (Å²) in [6.07, 6.45) is 2.69. The zero-order valence-electron chi connectivity index (χ0n) is 16.6. The minimum Gasteiger partial charge on any atom is -0.369 e. The lowest BCUT2D eigenvalue weighted by Crippen LogP contribution is -2.49. The van der Waals surface area contributed by atoms with Crippen LogP contribution in [0.3, 0.4) is 0 Å². The van der Waals surface area contributed by atoms with Crippen LogP contribution in [0.2, 0.25) is 0 Å². The van der Waals surface area contributed by atoms with E-state index in [9.17, 15) is 4.79 Å². The molecule has 1 aliphatic rings. The van der Waals surface area contributed by atoms with E-state index in [-0.39, 0.29) is 11.9 Å². The fraction of sp³-hybridized carbons (Fsp3) is 0.455. The third-order valence-electron chi connectivity index (χ3n) is 5.14. The number of carbonyl (C=O) groups excluding carboxylic acids is 1. The predicted molar refractivity (Wildman–Crippen MR) is 110 cm³/mol. The van der Waals surface area contributed by atoms with Crippen LogP contribution in [0.5, 0.6) is 0 Å². The Labute approximate surface area is 162 Å². The van der Waals surface area contributed by atoms with E-state index in [2.05, 4.69) is 58.2 Å². The number of hydrogen-bond acceptors (Lipinski definition) is 4. The average molecular weight is 367 g/mol. The first kappa shape index (κ1) is 19.4. The number of piperazine rings is 1. The van der Waals surface area contributed by atoms with Crippen LogP contribution < -0.4 is 10.2 Å². The summed E-state index contributed by atoms with van der Waals surface area (Å²) in [4.78, 5) is 21.6. The van der Waals surface area contributed by atoms with Crippen LogP contribution in [-0.2, 0) is 4.79 Å². The summed E-state index contributed by atoms with van der Waals surface area (Å²) in [5.41, 5.74) is 4.62. The molecule has 2 heterocycles. The van der Waals surface area contributed by atoms with Gasteiger partial charge in [0, 0.05) is 38.1 Å². The van der Waals surface area contributed by atoms with Crippen molar-refractivity contribution in [3.63, 3.8) is 0 Å². The first-order valence-corrected chi connectivity index (χ1v) is 9.81. The Morgan fingerprint density at radius 1 is 1.11 bits per heavy atom. The second-order valence-corrected chi connectivity index (χ2v) is 7.39. The minimum atomic E-state index is -0.0216. The molecular weight excluding hydrogens is 336 g/mol. The molecule has 1 fully saturated rings. The standard InChI is InChI=1S/C22H30N4O/c1-4-20(21-9-8-18(3)15-23-21)24-22(27)16-25-10-12-26(13-11-25)19-7-5-6-17(2)14-19/h5-9,14-15,20H,4,10-13,16H2,1-3H3,(H,24,27)/t20-/m0/s1. The van der Waals surface area contributed by atoms with Gasteiger partial charge >= 0.3 is 0 Å². The van der Waals surface area contributed by atoms with Crippen LogP contribution in [0.1, 0.15) is 36.2 Å². The van der Waals surface area contributed by atoms with Gasteiger partial charge in [0.2, 0.25) is 5.91 Å². The van der Waals surface area contributed by atoms with Crippen LogP contribution in [-0.4, -0.2) is 48.5 Å². The van der Waals surface area contributed by atoms with E-state index in [4.69, 9.17) is 0 Å². The van der Waals surface area contributed by atoms with Gasteiger partial charge in [-0.1, -0.05) is 25.1 Å². The van der Waals surface area contributed by atoms with Gasteiger partial charge in [0.15, 0.2) is 0 Å². The van der Waals surface area contributed by atoms with Gasteiger partial charge in [-0.05, 0) is 49.6 Å². The van der Waals surface area contributed by atoms with Crippen molar-refractivity contribution in [2.45, 2.75) is 33.2 Å². The number of anilines is 1. The second kappa shape index (κ2) is 9.00. The van der Waals surface area contributed by atoms with Crippen molar-refractivity contribution in [2.24, 2.45) is 0 Å². The highest BCUT2D eigenvalue weighted by Gasteiger charge is 2.21. The van der Waals surface area contributed by atoms with Crippen LogP contribution in [0.25, 0.3) is 0 Å². The topological polar surface area (TPSA) is 48.5 Å². The van der Waals surface area contributed by atoms with Gasteiger partial charge in [-0.25, -0.2) is 0 Å². The molecular formula is C22H30N4O. The average Bonchev–Trinajstić information content (AvgIpc) is 2.67. The van der Waals surface area contributed by atoms with E-state index in [0.29, 0.717) is 6.54 Å². The molecule has 1 saturated heterocycles. The summed E-state index contributed by atoms with van der Waals surface area (Å²) in [6.45, 7) is 10.4. The number of pyridine rings is 1. The van der Waals surface area contributed by atoms with E-state index in [1.54, 1.807) is 0 Å². The molecule has 27 heavy (non-hydrogen) atoms. The second-order valence-electron chi connectivity index (χ2n) is 7.39. The maximum Gasteiger partial charge on any atom is 0.234 e. The van der Waals surface area contributed by atoms with Crippen LogP contribution >= 0.6 is 0 Å². The van der Waals surface area contributed by atoms with E-state index in [1.807, 2.05) is 25.3 Å². The van der Waals surface area contributed by atoms with Crippen LogP contribution in [0.4, 0.5) is 5.69 Å². The lowest BCUT2D eigenvalue weighted by Gasteiger charge is -2.36. The quantitative estimate of drug-likeness (QED) is 0.853. The maximum absolute atomic E-state index is 12.5. The molecule has 0 unspecified atom stereocenters. The fourth-order valence-corrected chi connectivity index (χ4v) is 3.50. The molecule has 0 aliphatic carbocycles. The summed E-state index contributed by atoms with van der Waals surface area (Å²) in [6, 6.07) is 12.6. The molecule has 1 amide bonds. The lowest BCUT2D eigenvalue weighted by molar-refractivity contribution is -0.123. The van der Waals surface area contributed by atoms with Crippen LogP contribution in [0, 0.1) is 13.8 Å². The highest BCUT2D eigenvalue weighted by molar-refractivity contribution is 5.78. The molecule has 144 valence electrons. The Bertz CT molecular complexity index is 751. The highest BCUT2D eigenvalue weighted by Crippen LogP contribution is 2.18. The van der Waals surface area contributed by atoms with Crippen LogP contribution in [0.15, 0.2) is 42.6 Å². The number of benzene rings is 1. The Morgan fingerprint density at radius 2 is 1.89 bits per heavy atom. The largest absolute Gasteiger partial charge is 0.369 e. The summed E-state index contributed by atoms with van der Waals surface area (Å²) >= 11 is 0. The summed E-state index contributed by atoms with van der Waals surface area (Å²) in [5.74, 6) is 0.0771. The summed E-state index contributed by atoms with van der Waals surface area (Å²) in [5, 5.41) is 3.14. The number of rotatable bonds is 6. The van der Waals surface area contributed by atoms with Gasteiger partial charge in [0.25, 0.3) is 0 Å². The monoisotopic (exact) mass is 366 g/mol. The first-order chi connectivity index (χ1) is 13.0. The fourth-order valence-electron chi connectivity index (χ4n) is 3.50. The van der Waals surface area contributed by atoms with Gasteiger partial charge in [0.1, 0.15) is 0 Å². The number of aromatic nitrogens is 1. The van der Waals surface area contributed by atoms with Crippen molar-refractivity contribution < 1.29 is 4.79 Å². The molecule has 3 rings (SSSR count). The Hall–Kier alpha value is -2.40. The molecule has 2 aromatic rings. The summed E-state index contributed by atoms with van der Waals surface area (Å²) in [7, 11) is 0. The lowest BCUT2D eigenvalue weighted by atomic mass is 10.1. The molecule has 1 N–H and O–H groups in total. The third-order valence-corrected chi connectivity index (χ3v) is 5.14. The molecule has 1 aliphatic heterocycles. The van der Waals surface area contributed by atoms with E-state index in [0.717, 1.165) is 43.9 Å². The van der Waals surface area contributed by atoms with Crippen molar-refractivity contribution in [2.75, 3.05) is 37.6 Å². The van der Waals surface area contributed by atoms with Gasteiger partial charge in [-0.15, -0.1) is 0 Å². The van der Waals surface area contributed by atoms with E-state index < -0.39 is 0 Å². The van der Waals surface area contributed by atoms with Crippen molar-refractivity contribution in [1.29, 1.82) is 0 Å². The zero-order valence-corrected chi connectivity index (χ0v) is 16.6. The van der Waals surface area contributed by atoms with Gasteiger partial charge in [-0.2, -0.15) is 0 Å². The van der Waals surface area contributed by atoms with Gasteiger partial charge in [0.05, 0.1) is 18.3 Å². The third kappa shape index (κ3) is 5.30. The molecule has 0 saturated carbocycles. The number of hydrogen-bond donors (Lipinski definition) is 1. The Morgan fingerprint density at radius 3 is 2.52 bits per heavy atom. The van der Waals surface area contributed by atoms with E-state index >= 15 is 0 Å². The maximum atomic E-state index is 12.5. The van der Waals surface area contributed by atoms with Crippen molar-refractivity contribution in [3.8, 4) is 0 Å². The number of carbonyl (C=O) groups is 1. The highest BCUT2D eigenvalue weighted by atomic mass is 16.2. The number of amides is 1. The Balaban J connectivity index is 1.49. The van der Waals surface area contributed by atoms with E-state index in [1.165, 1.54) is 11.3 Å². The SMILES string of the molecule is CC[C@H](NC(=O)CN1CCN(c2cccc(C)c2)CC1)c1ccc(C)cn1. The first-order valence-electron chi connectivity index (χ1n) is 9.81. The summed E-state index contributed by atoms with van der Waals surface area (Å²) < 4.78 is 0. The van der Waals surface area contributed by atoms with Crippen molar-refractivity contribution in [3.05, 3.63) is 59.4 Å². The number of nitrogens with one attached hydrogen (secondary N) is 1. The predicted octanol–water partition coefficient (Wildman–Crippen LogP) is 3.09. The molecule has 0 bridgehead atoms. The molecule has 5 heteroatoms. The molecule has 5 nitrogen and oxygen atoms in total. The number of nitrogens with zero attached hydrogens (tertiary/aromatic N) is 3.